The zero-order valence-electron chi connectivity index (χ0n) is 11.9. The van der Waals surface area contributed by atoms with Gasteiger partial charge in [-0.25, -0.2) is 14.6 Å². The van der Waals surface area contributed by atoms with Crippen molar-refractivity contribution in [3.05, 3.63) is 28.9 Å². The predicted molar refractivity (Wildman–Crippen MR) is 81.6 cm³/mol. The van der Waals surface area contributed by atoms with Crippen LogP contribution in [-0.4, -0.2) is 43.5 Å². The van der Waals surface area contributed by atoms with Crippen molar-refractivity contribution >= 4 is 28.1 Å². The summed E-state index contributed by atoms with van der Waals surface area (Å²) < 4.78 is 1.74. The van der Waals surface area contributed by atoms with Crippen LogP contribution in [0.4, 0.5) is 4.79 Å². The van der Waals surface area contributed by atoms with Crippen molar-refractivity contribution in [1.29, 1.82) is 0 Å². The Morgan fingerprint density at radius 2 is 2.32 bits per heavy atom. The molecule has 3 aromatic heterocycles. The summed E-state index contributed by atoms with van der Waals surface area (Å²) in [6.45, 7) is 1.10. The Morgan fingerprint density at radius 1 is 1.45 bits per heavy atom. The van der Waals surface area contributed by atoms with Gasteiger partial charge in [0.15, 0.2) is 0 Å². The highest BCUT2D eigenvalue weighted by molar-refractivity contribution is 6.00. The number of nitrogens with one attached hydrogen (secondary N) is 2. The number of hydrogen-bond acceptors (Lipinski definition) is 3. The molecule has 4 N–H and O–H groups in total. The monoisotopic (exact) mass is 300 g/mol. The van der Waals surface area contributed by atoms with Gasteiger partial charge in [0.25, 0.3) is 0 Å². The van der Waals surface area contributed by atoms with E-state index in [0.717, 1.165) is 29.4 Å². The number of H-pyrrole nitrogens is 2. The maximum atomic E-state index is 12.4. The van der Waals surface area contributed by atoms with E-state index in [2.05, 4.69) is 15.0 Å². The van der Waals surface area contributed by atoms with Gasteiger partial charge in [0, 0.05) is 24.7 Å². The highest BCUT2D eigenvalue weighted by Gasteiger charge is 2.26. The van der Waals surface area contributed by atoms with Crippen LogP contribution in [0.25, 0.3) is 22.1 Å². The summed E-state index contributed by atoms with van der Waals surface area (Å²) >= 11 is 0. The first-order chi connectivity index (χ1) is 10.6. The van der Waals surface area contributed by atoms with Crippen LogP contribution >= 0.6 is 0 Å². The van der Waals surface area contributed by atoms with Crippen LogP contribution in [-0.2, 0) is 0 Å². The molecule has 0 bridgehead atoms. The van der Waals surface area contributed by atoms with Crippen molar-refractivity contribution in [3.63, 3.8) is 0 Å². The lowest BCUT2D eigenvalue weighted by molar-refractivity contribution is 0.175. The molecule has 22 heavy (non-hydrogen) atoms. The quantitative estimate of drug-likeness (QED) is 0.621. The fourth-order valence-electron chi connectivity index (χ4n) is 3.34. The Balaban J connectivity index is 1.90. The summed E-state index contributed by atoms with van der Waals surface area (Å²) in [6.07, 6.45) is 5.12. The molecule has 3 aromatic rings. The number of rotatable bonds is 1. The fraction of sp³-hybridized carbons (Fsp3) is 0.357. The van der Waals surface area contributed by atoms with Gasteiger partial charge in [-0.2, -0.15) is 0 Å². The topological polar surface area (TPSA) is 113 Å². The molecule has 1 aliphatic heterocycles. The SMILES string of the molecule is NC(=O)N1CCC[C@@H](n2c(=O)[nH]c3cnc4[nH]ccc4c32)C1. The number of piperidine rings is 1. The Morgan fingerprint density at radius 3 is 3.14 bits per heavy atom. The van der Waals surface area contributed by atoms with Crippen molar-refractivity contribution in [2.75, 3.05) is 13.1 Å². The number of likely N-dealkylation sites (tertiary alicyclic amines) is 1. The molecule has 114 valence electrons. The van der Waals surface area contributed by atoms with Gasteiger partial charge in [-0.1, -0.05) is 0 Å². The van der Waals surface area contributed by atoms with Gasteiger partial charge in [0.2, 0.25) is 0 Å². The second kappa shape index (κ2) is 4.62. The van der Waals surface area contributed by atoms with Crippen LogP contribution in [0.1, 0.15) is 18.9 Å². The van der Waals surface area contributed by atoms with Crippen molar-refractivity contribution in [1.82, 2.24) is 24.4 Å². The van der Waals surface area contributed by atoms with Gasteiger partial charge >= 0.3 is 11.7 Å². The molecule has 1 aliphatic rings. The molecular formula is C14H16N6O2. The minimum atomic E-state index is -0.439. The average Bonchev–Trinajstić information content (AvgIpc) is 3.09. The largest absolute Gasteiger partial charge is 0.351 e. The van der Waals surface area contributed by atoms with Crippen LogP contribution < -0.4 is 11.4 Å². The van der Waals surface area contributed by atoms with Crippen LogP contribution in [0.2, 0.25) is 0 Å². The summed E-state index contributed by atoms with van der Waals surface area (Å²) in [5, 5.41) is 0.895. The third kappa shape index (κ3) is 1.80. The molecule has 0 radical (unpaired) electrons. The molecule has 0 saturated carbocycles. The molecule has 2 amide bonds. The van der Waals surface area contributed by atoms with Crippen molar-refractivity contribution in [3.8, 4) is 0 Å². The van der Waals surface area contributed by atoms with Gasteiger partial charge in [-0.15, -0.1) is 0 Å². The van der Waals surface area contributed by atoms with Crippen molar-refractivity contribution in [2.45, 2.75) is 18.9 Å². The zero-order chi connectivity index (χ0) is 15.3. The van der Waals surface area contributed by atoms with Crippen LogP contribution in [0.3, 0.4) is 0 Å². The number of amides is 2. The number of carbonyl (C=O) groups is 1. The molecule has 4 heterocycles. The van der Waals surface area contributed by atoms with Crippen LogP contribution in [0, 0.1) is 0 Å². The van der Waals surface area contributed by atoms with E-state index in [0.29, 0.717) is 18.6 Å². The Labute approximate surface area is 124 Å². The first kappa shape index (κ1) is 12.9. The number of nitrogens with zero attached hydrogens (tertiary/aromatic N) is 3. The van der Waals surface area contributed by atoms with Gasteiger partial charge in [0.1, 0.15) is 5.65 Å². The Kier molecular flexibility index (Phi) is 2.72. The smallest absolute Gasteiger partial charge is 0.326 e. The minimum Gasteiger partial charge on any atom is -0.351 e. The molecule has 4 rings (SSSR count). The molecule has 8 nitrogen and oxygen atoms in total. The molecule has 1 saturated heterocycles. The third-order valence-electron chi connectivity index (χ3n) is 4.33. The predicted octanol–water partition coefficient (Wildman–Crippen LogP) is 0.922. The summed E-state index contributed by atoms with van der Waals surface area (Å²) in [4.78, 5) is 35.6. The number of pyridine rings is 1. The molecule has 8 heteroatoms. The lowest BCUT2D eigenvalue weighted by Crippen LogP contribution is -2.44. The standard InChI is InChI=1S/C14H16N6O2/c15-13(21)19-5-1-2-8(7-19)20-11-9-3-4-16-12(9)17-6-10(11)18-14(20)22/h3-4,6,8H,1-2,5,7H2,(H2,15,21)(H,16,17)(H,18,22)/t8-/m1/s1. The lowest BCUT2D eigenvalue weighted by atomic mass is 10.1. The zero-order valence-corrected chi connectivity index (χ0v) is 11.9. The molecule has 0 aromatic carbocycles. The van der Waals surface area contributed by atoms with E-state index in [1.807, 2.05) is 6.07 Å². The molecule has 0 unspecified atom stereocenters. The molecule has 0 aliphatic carbocycles. The fourth-order valence-corrected chi connectivity index (χ4v) is 3.34. The van der Waals surface area contributed by atoms with E-state index in [-0.39, 0.29) is 11.7 Å². The van der Waals surface area contributed by atoms with Gasteiger partial charge in [-0.05, 0) is 18.9 Å². The van der Waals surface area contributed by atoms with E-state index in [4.69, 9.17) is 5.73 Å². The molecular weight excluding hydrogens is 284 g/mol. The van der Waals surface area contributed by atoms with Gasteiger partial charge in [-0.3, -0.25) is 4.57 Å². The number of carbonyl (C=O) groups excluding carboxylic acids is 1. The number of fused-ring (bicyclic) bond motifs is 3. The Bertz CT molecular complexity index is 920. The van der Waals surface area contributed by atoms with E-state index in [1.54, 1.807) is 21.9 Å². The highest BCUT2D eigenvalue weighted by atomic mass is 16.2. The lowest BCUT2D eigenvalue weighted by Gasteiger charge is -2.32. The maximum absolute atomic E-state index is 12.4. The highest BCUT2D eigenvalue weighted by Crippen LogP contribution is 2.27. The van der Waals surface area contributed by atoms with Gasteiger partial charge in [0.05, 0.1) is 23.3 Å². The number of hydrogen-bond donors (Lipinski definition) is 3. The van der Waals surface area contributed by atoms with E-state index in [9.17, 15) is 9.59 Å². The summed E-state index contributed by atoms with van der Waals surface area (Å²) in [6, 6.07) is 1.39. The Hall–Kier alpha value is -2.77. The second-order valence-electron chi connectivity index (χ2n) is 5.64. The normalized spacial score (nSPS) is 19.1. The number of aromatic nitrogens is 4. The third-order valence-corrected chi connectivity index (χ3v) is 4.33. The summed E-state index contributed by atoms with van der Waals surface area (Å²) in [5.41, 5.74) is 7.47. The average molecular weight is 300 g/mol. The van der Waals surface area contributed by atoms with Crippen LogP contribution in [0.5, 0.6) is 0 Å². The van der Waals surface area contributed by atoms with Crippen molar-refractivity contribution in [2.24, 2.45) is 5.73 Å². The second-order valence-corrected chi connectivity index (χ2v) is 5.64. The number of imidazole rings is 1. The van der Waals surface area contributed by atoms with Crippen molar-refractivity contribution < 1.29 is 4.79 Å². The van der Waals surface area contributed by atoms with Gasteiger partial charge < -0.3 is 20.6 Å². The molecule has 0 spiro atoms. The molecule has 1 fully saturated rings. The van der Waals surface area contributed by atoms with Crippen LogP contribution in [0.15, 0.2) is 23.3 Å². The number of nitrogens with two attached hydrogens (primary N) is 1. The number of primary amides is 1. The first-order valence-electron chi connectivity index (χ1n) is 7.26. The number of urea groups is 1. The minimum absolute atomic E-state index is 0.0806. The van der Waals surface area contributed by atoms with E-state index >= 15 is 0 Å². The summed E-state index contributed by atoms with van der Waals surface area (Å²) in [7, 11) is 0. The van der Waals surface area contributed by atoms with E-state index in [1.165, 1.54) is 0 Å². The summed E-state index contributed by atoms with van der Waals surface area (Å²) in [5.74, 6) is 0. The first-order valence-corrected chi connectivity index (χ1v) is 7.26. The molecule has 1 atom stereocenters. The number of aromatic amines is 2. The maximum Gasteiger partial charge on any atom is 0.326 e. The van der Waals surface area contributed by atoms with E-state index < -0.39 is 6.03 Å².